The second kappa shape index (κ2) is 7.15. The van der Waals surface area contributed by atoms with E-state index in [-0.39, 0.29) is 5.91 Å². The van der Waals surface area contributed by atoms with E-state index in [1.54, 1.807) is 23.1 Å². The van der Waals surface area contributed by atoms with Gasteiger partial charge in [0.2, 0.25) is 5.91 Å². The first kappa shape index (κ1) is 17.3. The van der Waals surface area contributed by atoms with E-state index >= 15 is 0 Å². The van der Waals surface area contributed by atoms with Crippen LogP contribution in [0, 0.1) is 13.8 Å². The van der Waals surface area contributed by atoms with E-state index < -0.39 is 12.1 Å². The number of anilines is 2. The Hall–Kier alpha value is -2.53. The van der Waals surface area contributed by atoms with Gasteiger partial charge < -0.3 is 15.5 Å². The molecule has 0 spiro atoms. The number of hydrogen-bond donors (Lipinski definition) is 2. The van der Waals surface area contributed by atoms with Gasteiger partial charge in [-0.15, -0.1) is 0 Å². The van der Waals surface area contributed by atoms with Gasteiger partial charge in [0.1, 0.15) is 6.04 Å². The van der Waals surface area contributed by atoms with Crippen LogP contribution in [0.15, 0.2) is 42.5 Å². The summed E-state index contributed by atoms with van der Waals surface area (Å²) in [6, 6.07) is 12.2. The Labute approximate surface area is 152 Å². The number of aryl methyl sites for hydroxylation is 1. The van der Waals surface area contributed by atoms with Crippen molar-refractivity contribution in [1.82, 2.24) is 5.32 Å². The lowest BCUT2D eigenvalue weighted by atomic mass is 10.2. The molecule has 2 aromatic carbocycles. The molecule has 2 aromatic rings. The highest BCUT2D eigenvalue weighted by molar-refractivity contribution is 6.31. The van der Waals surface area contributed by atoms with Crippen LogP contribution in [-0.2, 0) is 4.79 Å². The molecular weight excluding hydrogens is 338 g/mol. The number of halogens is 1. The number of urea groups is 1. The lowest BCUT2D eigenvalue weighted by Crippen LogP contribution is -2.43. The Morgan fingerprint density at radius 1 is 1.16 bits per heavy atom. The fourth-order valence-electron chi connectivity index (χ4n) is 2.85. The highest BCUT2D eigenvalue weighted by Crippen LogP contribution is 2.24. The lowest BCUT2D eigenvalue weighted by Gasteiger charge is -2.18. The van der Waals surface area contributed by atoms with Crippen molar-refractivity contribution in [3.05, 3.63) is 58.6 Å². The molecule has 0 bridgehead atoms. The molecule has 0 saturated carbocycles. The van der Waals surface area contributed by atoms with Gasteiger partial charge in [-0.1, -0.05) is 35.4 Å². The van der Waals surface area contributed by atoms with Crippen LogP contribution in [0.25, 0.3) is 0 Å². The summed E-state index contributed by atoms with van der Waals surface area (Å²) in [5.41, 5.74) is 3.41. The molecule has 1 heterocycles. The summed E-state index contributed by atoms with van der Waals surface area (Å²) in [5, 5.41) is 6.09. The standard InChI is InChI=1S/C19H20ClN3O2/c1-12-6-8-14(9-7-12)23-11-10-17(18(23)24)22-19(25)21-16-5-3-4-15(20)13(16)2/h3-9,17H,10-11H2,1-2H3,(H2,21,22,25). The number of benzene rings is 2. The van der Waals surface area contributed by atoms with Gasteiger partial charge in [-0.05, 0) is 50.1 Å². The third-order valence-corrected chi connectivity index (χ3v) is 4.78. The normalized spacial score (nSPS) is 16.8. The molecule has 0 radical (unpaired) electrons. The number of nitrogens with one attached hydrogen (secondary N) is 2. The zero-order chi connectivity index (χ0) is 18.0. The molecule has 3 amide bonds. The summed E-state index contributed by atoms with van der Waals surface area (Å²) in [4.78, 5) is 26.5. The highest BCUT2D eigenvalue weighted by Gasteiger charge is 2.33. The van der Waals surface area contributed by atoms with E-state index in [0.29, 0.717) is 23.7 Å². The molecule has 5 nitrogen and oxygen atoms in total. The average molecular weight is 358 g/mol. The number of rotatable bonds is 3. The molecule has 1 fully saturated rings. The van der Waals surface area contributed by atoms with Gasteiger partial charge in [-0.3, -0.25) is 4.79 Å². The fourth-order valence-corrected chi connectivity index (χ4v) is 3.03. The molecule has 25 heavy (non-hydrogen) atoms. The van der Waals surface area contributed by atoms with Crippen molar-refractivity contribution in [2.45, 2.75) is 26.3 Å². The Balaban J connectivity index is 1.63. The zero-order valence-corrected chi connectivity index (χ0v) is 14.9. The van der Waals surface area contributed by atoms with Crippen LogP contribution < -0.4 is 15.5 Å². The Morgan fingerprint density at radius 3 is 2.60 bits per heavy atom. The third kappa shape index (κ3) is 3.77. The van der Waals surface area contributed by atoms with Crippen LogP contribution in [0.3, 0.4) is 0 Å². The molecular formula is C19H20ClN3O2. The van der Waals surface area contributed by atoms with E-state index in [0.717, 1.165) is 16.8 Å². The molecule has 1 aliphatic rings. The SMILES string of the molecule is Cc1ccc(N2CCC(NC(=O)Nc3cccc(Cl)c3C)C2=O)cc1. The third-order valence-electron chi connectivity index (χ3n) is 4.37. The van der Waals surface area contributed by atoms with Crippen molar-refractivity contribution < 1.29 is 9.59 Å². The molecule has 0 aliphatic carbocycles. The van der Waals surface area contributed by atoms with E-state index in [9.17, 15) is 9.59 Å². The maximum Gasteiger partial charge on any atom is 0.319 e. The van der Waals surface area contributed by atoms with E-state index in [2.05, 4.69) is 10.6 Å². The predicted molar refractivity (Wildman–Crippen MR) is 100 cm³/mol. The molecule has 130 valence electrons. The number of carbonyl (C=O) groups excluding carboxylic acids is 2. The second-order valence-corrected chi connectivity index (χ2v) is 6.58. The van der Waals surface area contributed by atoms with E-state index in [1.165, 1.54) is 0 Å². The Bertz CT molecular complexity index is 805. The molecule has 1 aliphatic heterocycles. The molecule has 3 rings (SSSR count). The van der Waals surface area contributed by atoms with Crippen molar-refractivity contribution in [3.63, 3.8) is 0 Å². The second-order valence-electron chi connectivity index (χ2n) is 6.18. The van der Waals surface area contributed by atoms with Gasteiger partial charge in [0.05, 0.1) is 0 Å². The number of amides is 3. The molecule has 1 atom stereocenters. The van der Waals surface area contributed by atoms with Crippen molar-refractivity contribution in [2.75, 3.05) is 16.8 Å². The molecule has 1 saturated heterocycles. The minimum Gasteiger partial charge on any atom is -0.326 e. The van der Waals surface area contributed by atoms with Gasteiger partial charge in [0.25, 0.3) is 0 Å². The summed E-state index contributed by atoms with van der Waals surface area (Å²) in [5.74, 6) is -0.0955. The summed E-state index contributed by atoms with van der Waals surface area (Å²) < 4.78 is 0. The first-order valence-electron chi connectivity index (χ1n) is 8.16. The number of carbonyl (C=O) groups is 2. The predicted octanol–water partition coefficient (Wildman–Crippen LogP) is 3.88. The molecule has 0 aromatic heterocycles. The Morgan fingerprint density at radius 2 is 1.88 bits per heavy atom. The van der Waals surface area contributed by atoms with Gasteiger partial charge in [-0.25, -0.2) is 4.79 Å². The van der Waals surface area contributed by atoms with Crippen molar-refractivity contribution >= 4 is 34.9 Å². The number of hydrogen-bond acceptors (Lipinski definition) is 2. The lowest BCUT2D eigenvalue weighted by molar-refractivity contribution is -0.118. The molecule has 2 N–H and O–H groups in total. The molecule has 6 heteroatoms. The van der Waals surface area contributed by atoms with Crippen LogP contribution in [0.5, 0.6) is 0 Å². The highest BCUT2D eigenvalue weighted by atomic mass is 35.5. The van der Waals surface area contributed by atoms with Crippen molar-refractivity contribution in [2.24, 2.45) is 0 Å². The maximum atomic E-state index is 12.6. The smallest absolute Gasteiger partial charge is 0.319 e. The molecule has 1 unspecified atom stereocenters. The van der Waals surface area contributed by atoms with Crippen LogP contribution >= 0.6 is 11.6 Å². The van der Waals surface area contributed by atoms with E-state index in [4.69, 9.17) is 11.6 Å². The summed E-state index contributed by atoms with van der Waals surface area (Å²) in [7, 11) is 0. The maximum absolute atomic E-state index is 12.6. The minimum absolute atomic E-state index is 0.0955. The fraction of sp³-hybridized carbons (Fsp3) is 0.263. The zero-order valence-electron chi connectivity index (χ0n) is 14.2. The van der Waals surface area contributed by atoms with Crippen molar-refractivity contribution in [3.8, 4) is 0 Å². The van der Waals surface area contributed by atoms with Gasteiger partial charge in [0.15, 0.2) is 0 Å². The largest absolute Gasteiger partial charge is 0.326 e. The Kier molecular flexibility index (Phi) is 4.95. The van der Waals surface area contributed by atoms with Gasteiger partial charge in [-0.2, -0.15) is 0 Å². The van der Waals surface area contributed by atoms with Gasteiger partial charge in [0, 0.05) is 22.9 Å². The first-order valence-corrected chi connectivity index (χ1v) is 8.54. The van der Waals surface area contributed by atoms with Crippen LogP contribution in [0.4, 0.5) is 16.2 Å². The van der Waals surface area contributed by atoms with Crippen LogP contribution in [0.2, 0.25) is 5.02 Å². The first-order chi connectivity index (χ1) is 12.0. The average Bonchev–Trinajstić information content (AvgIpc) is 2.93. The van der Waals surface area contributed by atoms with Crippen LogP contribution in [-0.4, -0.2) is 24.5 Å². The topological polar surface area (TPSA) is 61.4 Å². The van der Waals surface area contributed by atoms with Crippen molar-refractivity contribution in [1.29, 1.82) is 0 Å². The van der Waals surface area contributed by atoms with E-state index in [1.807, 2.05) is 38.1 Å². The summed E-state index contributed by atoms with van der Waals surface area (Å²) in [6.07, 6.45) is 0.578. The van der Waals surface area contributed by atoms with Gasteiger partial charge >= 0.3 is 6.03 Å². The summed E-state index contributed by atoms with van der Waals surface area (Å²) >= 11 is 6.06. The summed E-state index contributed by atoms with van der Waals surface area (Å²) in [6.45, 7) is 4.42. The van der Waals surface area contributed by atoms with Crippen LogP contribution in [0.1, 0.15) is 17.5 Å². The monoisotopic (exact) mass is 357 g/mol. The number of nitrogens with zero attached hydrogens (tertiary/aromatic N) is 1. The minimum atomic E-state index is -0.527. The quantitative estimate of drug-likeness (QED) is 0.875.